The van der Waals surface area contributed by atoms with Crippen LogP contribution in [0.5, 0.6) is 11.5 Å². The van der Waals surface area contributed by atoms with Crippen molar-refractivity contribution in [2.24, 2.45) is 0 Å². The highest BCUT2D eigenvalue weighted by Gasteiger charge is 2.17. The molecule has 1 amide bonds. The van der Waals surface area contributed by atoms with Crippen LogP contribution in [0.25, 0.3) is 22.0 Å². The first kappa shape index (κ1) is 25.3. The number of benzene rings is 3. The van der Waals surface area contributed by atoms with E-state index < -0.39 is 6.04 Å². The average molecular weight is 489 g/mol. The fourth-order valence-corrected chi connectivity index (χ4v) is 4.43. The number of rotatable bonds is 11. The molecular weight excluding hydrogens is 456 g/mol. The van der Waals surface area contributed by atoms with Gasteiger partial charge in [-0.05, 0) is 71.8 Å². The van der Waals surface area contributed by atoms with Crippen molar-refractivity contribution in [3.8, 4) is 22.6 Å². The first-order valence-corrected chi connectivity index (χ1v) is 12.0. The van der Waals surface area contributed by atoms with Gasteiger partial charge in [0.15, 0.2) is 11.5 Å². The van der Waals surface area contributed by atoms with Crippen LogP contribution in [0, 0.1) is 0 Å². The van der Waals surface area contributed by atoms with Gasteiger partial charge in [0.2, 0.25) is 0 Å². The number of ether oxygens (including phenoxy) is 2. The Balaban J connectivity index is 1.61. The Labute approximate surface area is 210 Å². The summed E-state index contributed by atoms with van der Waals surface area (Å²) in [5.41, 5.74) is 5.23. The lowest BCUT2D eigenvalue weighted by molar-refractivity contribution is 0.0916. The molecule has 1 heterocycles. The summed E-state index contributed by atoms with van der Waals surface area (Å²) in [6, 6.07) is 18.8. The van der Waals surface area contributed by atoms with Crippen molar-refractivity contribution in [2.45, 2.75) is 25.3 Å². The maximum atomic E-state index is 13.3. The van der Waals surface area contributed by atoms with E-state index in [1.165, 1.54) is 0 Å². The number of hydrogen-bond acceptors (Lipinski definition) is 5. The number of aryl methyl sites for hydroxylation is 1. The number of carbonyl (C=O) groups excluding carboxylic acids is 1. The summed E-state index contributed by atoms with van der Waals surface area (Å²) < 4.78 is 10.8. The van der Waals surface area contributed by atoms with E-state index in [1.54, 1.807) is 14.2 Å². The standard InChI is InChI=1S/C29H32N2O5/c1-35-27-10-9-20(16-28(27)36-2)21-12-19(6-5-11-32)13-22(14-21)29(34)31-24(18-33)15-23-17-30-26-8-4-3-7-25(23)26/h3-4,7-10,12-14,16-17,24,30,32-33H,5-6,11,15,18H2,1-2H3,(H,31,34)/t24-/m1/s1. The van der Waals surface area contributed by atoms with Crippen molar-refractivity contribution < 1.29 is 24.5 Å². The lowest BCUT2D eigenvalue weighted by atomic mass is 9.96. The highest BCUT2D eigenvalue weighted by molar-refractivity contribution is 5.96. The number of aromatic amines is 1. The van der Waals surface area contributed by atoms with Crippen LogP contribution in [0.2, 0.25) is 0 Å². The highest BCUT2D eigenvalue weighted by atomic mass is 16.5. The Hall–Kier alpha value is -3.81. The zero-order valence-electron chi connectivity index (χ0n) is 20.6. The molecule has 3 aromatic carbocycles. The van der Waals surface area contributed by atoms with Crippen LogP contribution in [0.4, 0.5) is 0 Å². The number of amides is 1. The van der Waals surface area contributed by atoms with Gasteiger partial charge in [-0.25, -0.2) is 0 Å². The molecule has 4 aromatic rings. The molecule has 4 N–H and O–H groups in total. The maximum absolute atomic E-state index is 13.3. The fraction of sp³-hybridized carbons (Fsp3) is 0.276. The Morgan fingerprint density at radius 2 is 1.78 bits per heavy atom. The molecule has 7 nitrogen and oxygen atoms in total. The third-order valence-electron chi connectivity index (χ3n) is 6.29. The molecule has 0 spiro atoms. The molecule has 0 aliphatic heterocycles. The van der Waals surface area contributed by atoms with E-state index in [0.717, 1.165) is 33.2 Å². The predicted molar refractivity (Wildman–Crippen MR) is 141 cm³/mol. The first-order valence-electron chi connectivity index (χ1n) is 12.0. The summed E-state index contributed by atoms with van der Waals surface area (Å²) in [6.45, 7) is -0.114. The molecule has 1 atom stereocenters. The number of carbonyl (C=O) groups is 1. The molecule has 0 aliphatic rings. The van der Waals surface area contributed by atoms with Gasteiger partial charge < -0.3 is 30.0 Å². The third-order valence-corrected chi connectivity index (χ3v) is 6.29. The number of H-pyrrole nitrogens is 1. The molecule has 0 aliphatic carbocycles. The zero-order valence-corrected chi connectivity index (χ0v) is 20.6. The van der Waals surface area contributed by atoms with Crippen LogP contribution in [0.3, 0.4) is 0 Å². The summed E-state index contributed by atoms with van der Waals surface area (Å²) in [4.78, 5) is 16.6. The van der Waals surface area contributed by atoms with Gasteiger partial charge in [0.1, 0.15) is 0 Å². The van der Waals surface area contributed by atoms with Crippen LogP contribution >= 0.6 is 0 Å². The molecule has 0 bridgehead atoms. The molecule has 36 heavy (non-hydrogen) atoms. The monoisotopic (exact) mass is 488 g/mol. The summed E-state index contributed by atoms with van der Waals surface area (Å²) in [6.07, 6.45) is 3.65. The van der Waals surface area contributed by atoms with Crippen molar-refractivity contribution in [3.63, 3.8) is 0 Å². The molecule has 0 fully saturated rings. The Kier molecular flexibility index (Phi) is 8.25. The van der Waals surface area contributed by atoms with Crippen LogP contribution in [-0.2, 0) is 12.8 Å². The number of nitrogens with one attached hydrogen (secondary N) is 2. The van der Waals surface area contributed by atoms with Crippen molar-refractivity contribution in [3.05, 3.63) is 83.6 Å². The van der Waals surface area contributed by atoms with Crippen molar-refractivity contribution in [2.75, 3.05) is 27.4 Å². The van der Waals surface area contributed by atoms with Gasteiger partial charge in [-0.2, -0.15) is 0 Å². The minimum atomic E-state index is -0.442. The summed E-state index contributed by atoms with van der Waals surface area (Å²) >= 11 is 0. The maximum Gasteiger partial charge on any atom is 0.251 e. The van der Waals surface area contributed by atoms with Crippen LogP contribution < -0.4 is 14.8 Å². The second-order valence-electron chi connectivity index (χ2n) is 8.73. The molecule has 188 valence electrons. The number of aliphatic hydroxyl groups excluding tert-OH is 2. The summed E-state index contributed by atoms with van der Waals surface area (Å²) in [7, 11) is 3.17. The lowest BCUT2D eigenvalue weighted by Gasteiger charge is -2.17. The van der Waals surface area contributed by atoms with E-state index in [2.05, 4.69) is 10.3 Å². The smallest absolute Gasteiger partial charge is 0.251 e. The quantitative estimate of drug-likeness (QED) is 0.254. The van der Waals surface area contributed by atoms with Crippen LogP contribution in [-0.4, -0.2) is 54.6 Å². The van der Waals surface area contributed by atoms with Crippen LogP contribution in [0.1, 0.15) is 27.9 Å². The minimum Gasteiger partial charge on any atom is -0.493 e. The largest absolute Gasteiger partial charge is 0.493 e. The SMILES string of the molecule is COc1ccc(-c2cc(CCCO)cc(C(=O)N[C@@H](CO)Cc3c[nH]c4ccccc34)c2)cc1OC. The van der Waals surface area contributed by atoms with Gasteiger partial charge in [-0.1, -0.05) is 30.3 Å². The lowest BCUT2D eigenvalue weighted by Crippen LogP contribution is -2.39. The van der Waals surface area contributed by atoms with Crippen LogP contribution in [0.15, 0.2) is 66.9 Å². The van der Waals surface area contributed by atoms with E-state index in [0.29, 0.717) is 36.3 Å². The second kappa shape index (κ2) is 11.7. The van der Waals surface area contributed by atoms with Crippen molar-refractivity contribution >= 4 is 16.8 Å². The molecule has 4 rings (SSSR count). The number of aliphatic hydroxyl groups is 2. The number of para-hydroxylation sites is 1. The van der Waals surface area contributed by atoms with Gasteiger partial charge in [-0.3, -0.25) is 4.79 Å². The van der Waals surface area contributed by atoms with E-state index in [-0.39, 0.29) is 19.1 Å². The average Bonchev–Trinajstić information content (AvgIpc) is 3.33. The number of aromatic nitrogens is 1. The van der Waals surface area contributed by atoms with Crippen molar-refractivity contribution in [1.82, 2.24) is 10.3 Å². The second-order valence-corrected chi connectivity index (χ2v) is 8.73. The number of hydrogen-bond donors (Lipinski definition) is 4. The topological polar surface area (TPSA) is 104 Å². The Morgan fingerprint density at radius 1 is 0.972 bits per heavy atom. The van der Waals surface area contributed by atoms with E-state index in [4.69, 9.17) is 9.47 Å². The summed E-state index contributed by atoms with van der Waals surface area (Å²) in [5, 5.41) is 23.4. The predicted octanol–water partition coefficient (Wildman–Crippen LogP) is 4.11. The number of fused-ring (bicyclic) bond motifs is 1. The van der Waals surface area contributed by atoms with Gasteiger partial charge in [0, 0.05) is 29.3 Å². The normalized spacial score (nSPS) is 11.9. The molecule has 0 saturated carbocycles. The van der Waals surface area contributed by atoms with Gasteiger partial charge in [0.25, 0.3) is 5.91 Å². The van der Waals surface area contributed by atoms with Gasteiger partial charge in [-0.15, -0.1) is 0 Å². The Morgan fingerprint density at radius 3 is 2.53 bits per heavy atom. The Bertz CT molecular complexity index is 1330. The van der Waals surface area contributed by atoms with Gasteiger partial charge in [0.05, 0.1) is 26.9 Å². The van der Waals surface area contributed by atoms with Crippen molar-refractivity contribution in [1.29, 1.82) is 0 Å². The number of methoxy groups -OCH3 is 2. The van der Waals surface area contributed by atoms with E-state index in [9.17, 15) is 15.0 Å². The minimum absolute atomic E-state index is 0.0688. The third kappa shape index (κ3) is 5.70. The van der Waals surface area contributed by atoms with E-state index >= 15 is 0 Å². The zero-order chi connectivity index (χ0) is 25.5. The molecule has 0 unspecified atom stereocenters. The molecule has 7 heteroatoms. The first-order chi connectivity index (χ1) is 17.6. The molecule has 1 aromatic heterocycles. The highest BCUT2D eigenvalue weighted by Crippen LogP contribution is 2.33. The molecular formula is C29H32N2O5. The van der Waals surface area contributed by atoms with E-state index in [1.807, 2.05) is 66.9 Å². The molecule has 0 saturated heterocycles. The molecule has 0 radical (unpaired) electrons. The summed E-state index contributed by atoms with van der Waals surface area (Å²) in [5.74, 6) is 0.959. The van der Waals surface area contributed by atoms with Gasteiger partial charge >= 0.3 is 0 Å². The fourth-order valence-electron chi connectivity index (χ4n) is 4.43.